The minimum absolute atomic E-state index is 0.730. The molecular weight excluding hydrogens is 290 g/mol. The highest BCUT2D eigenvalue weighted by Gasteiger charge is 2.26. The average Bonchev–Trinajstić information content (AvgIpc) is 3.38. The van der Waals surface area contributed by atoms with Gasteiger partial charge in [-0.3, -0.25) is 0 Å². The Morgan fingerprint density at radius 1 is 1.23 bits per heavy atom. The van der Waals surface area contributed by atoms with Crippen LogP contribution >= 0.6 is 11.9 Å². The molecule has 0 bridgehead atoms. The van der Waals surface area contributed by atoms with Gasteiger partial charge in [0.1, 0.15) is 5.03 Å². The SMILES string of the molecule is CN1CCc2cccc(NSc3ncccc3C3CC3)c2C1. The zero-order chi connectivity index (χ0) is 14.9. The maximum Gasteiger partial charge on any atom is 0.120 e. The van der Waals surface area contributed by atoms with Crippen LogP contribution in [0.4, 0.5) is 5.69 Å². The summed E-state index contributed by atoms with van der Waals surface area (Å²) in [5.74, 6) is 0.730. The van der Waals surface area contributed by atoms with Gasteiger partial charge in [-0.2, -0.15) is 0 Å². The van der Waals surface area contributed by atoms with Crippen molar-refractivity contribution in [3.63, 3.8) is 0 Å². The highest BCUT2D eigenvalue weighted by molar-refractivity contribution is 8.00. The van der Waals surface area contributed by atoms with Crippen LogP contribution in [0.15, 0.2) is 41.6 Å². The minimum Gasteiger partial charge on any atom is -0.324 e. The molecule has 1 saturated carbocycles. The standard InChI is InChI=1S/C18H21N3S/c1-21-11-9-13-4-2-6-17(16(13)12-21)20-22-18-15(14-7-8-14)5-3-10-19-18/h2-6,10,14,20H,7-9,11-12H2,1H3. The lowest BCUT2D eigenvalue weighted by Crippen LogP contribution is -2.27. The molecule has 22 heavy (non-hydrogen) atoms. The Balaban J connectivity index is 1.55. The van der Waals surface area contributed by atoms with Crippen molar-refractivity contribution in [2.75, 3.05) is 18.3 Å². The van der Waals surface area contributed by atoms with Crippen molar-refractivity contribution in [1.29, 1.82) is 0 Å². The summed E-state index contributed by atoms with van der Waals surface area (Å²) in [5.41, 5.74) is 5.56. The van der Waals surface area contributed by atoms with Crippen LogP contribution in [0.2, 0.25) is 0 Å². The summed E-state index contributed by atoms with van der Waals surface area (Å²) < 4.78 is 3.56. The molecule has 1 aliphatic heterocycles. The normalized spacial score (nSPS) is 18.0. The van der Waals surface area contributed by atoms with Gasteiger partial charge >= 0.3 is 0 Å². The molecule has 114 valence electrons. The molecule has 3 nitrogen and oxygen atoms in total. The van der Waals surface area contributed by atoms with Crippen LogP contribution in [0.3, 0.4) is 0 Å². The second-order valence-electron chi connectivity index (χ2n) is 6.31. The van der Waals surface area contributed by atoms with Gasteiger partial charge in [0.2, 0.25) is 0 Å². The molecule has 2 aromatic rings. The number of pyridine rings is 1. The summed E-state index contributed by atoms with van der Waals surface area (Å²) in [6.07, 6.45) is 5.66. The van der Waals surface area contributed by atoms with Gasteiger partial charge in [0.25, 0.3) is 0 Å². The molecule has 1 N–H and O–H groups in total. The third-order valence-corrected chi connectivity index (χ3v) is 5.40. The molecule has 0 atom stereocenters. The van der Waals surface area contributed by atoms with Crippen molar-refractivity contribution < 1.29 is 0 Å². The first-order valence-electron chi connectivity index (χ1n) is 7.98. The summed E-state index contributed by atoms with van der Waals surface area (Å²) in [4.78, 5) is 6.96. The van der Waals surface area contributed by atoms with Crippen molar-refractivity contribution in [3.05, 3.63) is 53.2 Å². The van der Waals surface area contributed by atoms with Crippen molar-refractivity contribution in [1.82, 2.24) is 9.88 Å². The fraction of sp³-hybridized carbons (Fsp3) is 0.389. The van der Waals surface area contributed by atoms with Crippen LogP contribution in [-0.2, 0) is 13.0 Å². The van der Waals surface area contributed by atoms with Crippen molar-refractivity contribution in [2.24, 2.45) is 0 Å². The summed E-state index contributed by atoms with van der Waals surface area (Å²) in [7, 11) is 2.19. The maximum atomic E-state index is 4.57. The van der Waals surface area contributed by atoms with E-state index in [9.17, 15) is 0 Å². The monoisotopic (exact) mass is 311 g/mol. The number of anilines is 1. The van der Waals surface area contributed by atoms with Crippen molar-refractivity contribution in [3.8, 4) is 0 Å². The van der Waals surface area contributed by atoms with E-state index in [0.29, 0.717) is 0 Å². The number of aromatic nitrogens is 1. The number of nitrogens with zero attached hydrogens (tertiary/aromatic N) is 2. The number of hydrogen-bond acceptors (Lipinski definition) is 4. The lowest BCUT2D eigenvalue weighted by Gasteiger charge is -2.27. The van der Waals surface area contributed by atoms with E-state index >= 15 is 0 Å². The summed E-state index contributed by atoms with van der Waals surface area (Å²) in [6.45, 7) is 2.17. The quantitative estimate of drug-likeness (QED) is 0.862. The summed E-state index contributed by atoms with van der Waals surface area (Å²) in [5, 5.41) is 1.13. The van der Waals surface area contributed by atoms with E-state index in [1.54, 1.807) is 11.9 Å². The van der Waals surface area contributed by atoms with Crippen LogP contribution < -0.4 is 4.72 Å². The van der Waals surface area contributed by atoms with E-state index < -0.39 is 0 Å². The highest BCUT2D eigenvalue weighted by Crippen LogP contribution is 2.43. The number of nitrogens with one attached hydrogen (secondary N) is 1. The van der Waals surface area contributed by atoms with E-state index in [4.69, 9.17) is 0 Å². The molecular formula is C18H21N3S. The largest absolute Gasteiger partial charge is 0.324 e. The molecule has 4 heteroatoms. The molecule has 1 fully saturated rings. The van der Waals surface area contributed by atoms with Crippen molar-refractivity contribution in [2.45, 2.75) is 36.8 Å². The Hall–Kier alpha value is -1.52. The Bertz CT molecular complexity index is 682. The average molecular weight is 311 g/mol. The molecule has 0 saturated heterocycles. The third kappa shape index (κ3) is 2.85. The van der Waals surface area contributed by atoms with Gasteiger partial charge < -0.3 is 9.62 Å². The van der Waals surface area contributed by atoms with Crippen molar-refractivity contribution >= 4 is 17.6 Å². The molecule has 2 aliphatic rings. The van der Waals surface area contributed by atoms with Crippen LogP contribution in [0.1, 0.15) is 35.4 Å². The topological polar surface area (TPSA) is 28.2 Å². The zero-order valence-corrected chi connectivity index (χ0v) is 13.7. The first-order chi connectivity index (χ1) is 10.8. The van der Waals surface area contributed by atoms with Gasteiger partial charge in [-0.15, -0.1) is 0 Å². The lowest BCUT2D eigenvalue weighted by molar-refractivity contribution is 0.313. The fourth-order valence-electron chi connectivity index (χ4n) is 3.11. The fourth-order valence-corrected chi connectivity index (χ4v) is 3.97. The Morgan fingerprint density at radius 2 is 2.14 bits per heavy atom. The van der Waals surface area contributed by atoms with Gasteiger partial charge in [0.15, 0.2) is 0 Å². The molecule has 0 spiro atoms. The molecule has 1 aromatic heterocycles. The van der Waals surface area contributed by atoms with Gasteiger partial charge in [0.05, 0.1) is 0 Å². The predicted octanol–water partition coefficient (Wildman–Crippen LogP) is 4.07. The molecule has 4 rings (SSSR count). The highest BCUT2D eigenvalue weighted by atomic mass is 32.2. The molecule has 2 heterocycles. The lowest BCUT2D eigenvalue weighted by atomic mass is 9.99. The molecule has 0 amide bonds. The third-order valence-electron chi connectivity index (χ3n) is 4.54. The molecule has 0 unspecified atom stereocenters. The number of likely N-dealkylation sites (N-methyl/N-ethyl adjacent to an activating group) is 1. The van der Waals surface area contributed by atoms with E-state index in [2.05, 4.69) is 52.0 Å². The van der Waals surface area contributed by atoms with Crippen LogP contribution in [-0.4, -0.2) is 23.5 Å². The summed E-state index contributed by atoms with van der Waals surface area (Å²) >= 11 is 1.66. The second-order valence-corrected chi connectivity index (χ2v) is 7.10. The smallest absolute Gasteiger partial charge is 0.120 e. The van der Waals surface area contributed by atoms with Gasteiger partial charge in [-0.1, -0.05) is 18.2 Å². The van der Waals surface area contributed by atoms with E-state index in [1.807, 2.05) is 6.20 Å². The van der Waals surface area contributed by atoms with Gasteiger partial charge in [-0.05, 0) is 61.1 Å². The Morgan fingerprint density at radius 3 is 3.00 bits per heavy atom. The Kier molecular flexibility index (Phi) is 3.80. The predicted molar refractivity (Wildman–Crippen MR) is 92.2 cm³/mol. The molecule has 0 radical (unpaired) electrons. The zero-order valence-electron chi connectivity index (χ0n) is 12.9. The summed E-state index contributed by atoms with van der Waals surface area (Å²) in [6, 6.07) is 10.9. The number of hydrogen-bond donors (Lipinski definition) is 1. The Labute approximate surface area is 136 Å². The van der Waals surface area contributed by atoms with E-state index in [-0.39, 0.29) is 0 Å². The molecule has 1 aliphatic carbocycles. The van der Waals surface area contributed by atoms with Gasteiger partial charge in [0, 0.05) is 36.9 Å². The number of fused-ring (bicyclic) bond motifs is 1. The van der Waals surface area contributed by atoms with Crippen LogP contribution in [0.25, 0.3) is 0 Å². The van der Waals surface area contributed by atoms with Crippen LogP contribution in [0.5, 0.6) is 0 Å². The first-order valence-corrected chi connectivity index (χ1v) is 8.80. The second kappa shape index (κ2) is 5.94. The van der Waals surface area contributed by atoms with E-state index in [0.717, 1.165) is 30.5 Å². The van der Waals surface area contributed by atoms with Gasteiger partial charge in [-0.25, -0.2) is 4.98 Å². The number of rotatable bonds is 4. The molecule has 1 aromatic carbocycles. The first kappa shape index (κ1) is 14.1. The maximum absolute atomic E-state index is 4.57. The minimum atomic E-state index is 0.730. The van der Waals surface area contributed by atoms with E-state index in [1.165, 1.54) is 35.2 Å². The van der Waals surface area contributed by atoms with Crippen LogP contribution in [0, 0.1) is 0 Å². The number of benzene rings is 1.